The molecular formula is C11H7BrN2O3. The smallest absolute Gasteiger partial charge is 0.312 e. The van der Waals surface area contributed by atoms with Gasteiger partial charge in [0.05, 0.1) is 9.40 Å². The Bertz CT molecular complexity index is 546. The molecule has 17 heavy (non-hydrogen) atoms. The molecule has 0 aliphatic rings. The topological polar surface area (TPSA) is 65.3 Å². The van der Waals surface area contributed by atoms with E-state index in [9.17, 15) is 10.1 Å². The predicted molar refractivity (Wildman–Crippen MR) is 65.1 cm³/mol. The lowest BCUT2D eigenvalue weighted by atomic mass is 10.3. The molecule has 0 spiro atoms. The number of halogens is 1. The van der Waals surface area contributed by atoms with Gasteiger partial charge in [0, 0.05) is 18.3 Å². The Morgan fingerprint density at radius 3 is 2.71 bits per heavy atom. The monoisotopic (exact) mass is 294 g/mol. The zero-order valence-electron chi connectivity index (χ0n) is 8.54. The van der Waals surface area contributed by atoms with Crippen LogP contribution in [0, 0.1) is 10.1 Å². The molecule has 86 valence electrons. The normalized spacial score (nSPS) is 9.94. The highest BCUT2D eigenvalue weighted by Gasteiger charge is 2.18. The summed E-state index contributed by atoms with van der Waals surface area (Å²) in [6.45, 7) is 0. The third kappa shape index (κ3) is 2.59. The van der Waals surface area contributed by atoms with Crippen molar-refractivity contribution in [2.75, 3.05) is 0 Å². The third-order valence-electron chi connectivity index (χ3n) is 1.99. The molecule has 1 aromatic heterocycles. The van der Waals surface area contributed by atoms with Gasteiger partial charge in [-0.15, -0.1) is 0 Å². The molecule has 0 unspecified atom stereocenters. The SMILES string of the molecule is O=[N+]([O-])c1cccc(Br)c1Oc1ccccn1. The lowest BCUT2D eigenvalue weighted by Crippen LogP contribution is -1.95. The molecule has 1 aromatic carbocycles. The van der Waals surface area contributed by atoms with Gasteiger partial charge in [-0.05, 0) is 28.1 Å². The summed E-state index contributed by atoms with van der Waals surface area (Å²) in [5, 5.41) is 10.8. The number of hydrogen-bond acceptors (Lipinski definition) is 4. The van der Waals surface area contributed by atoms with Gasteiger partial charge >= 0.3 is 5.69 Å². The fourth-order valence-corrected chi connectivity index (χ4v) is 1.69. The van der Waals surface area contributed by atoms with Crippen LogP contribution >= 0.6 is 15.9 Å². The van der Waals surface area contributed by atoms with Gasteiger partial charge in [-0.2, -0.15) is 0 Å². The van der Waals surface area contributed by atoms with Crippen molar-refractivity contribution in [2.45, 2.75) is 0 Å². The van der Waals surface area contributed by atoms with E-state index >= 15 is 0 Å². The Kier molecular flexibility index (Phi) is 3.34. The van der Waals surface area contributed by atoms with E-state index in [-0.39, 0.29) is 11.4 Å². The largest absolute Gasteiger partial charge is 0.431 e. The Hall–Kier alpha value is -1.95. The molecule has 0 bridgehead atoms. The van der Waals surface area contributed by atoms with E-state index in [4.69, 9.17) is 4.74 Å². The van der Waals surface area contributed by atoms with Gasteiger partial charge in [0.15, 0.2) is 0 Å². The number of para-hydroxylation sites is 1. The van der Waals surface area contributed by atoms with Crippen LogP contribution in [0.5, 0.6) is 11.6 Å². The molecule has 0 aliphatic heterocycles. The van der Waals surface area contributed by atoms with E-state index in [2.05, 4.69) is 20.9 Å². The van der Waals surface area contributed by atoms with Gasteiger partial charge in [-0.25, -0.2) is 4.98 Å². The number of aromatic nitrogens is 1. The average molecular weight is 295 g/mol. The van der Waals surface area contributed by atoms with Crippen LogP contribution < -0.4 is 4.74 Å². The van der Waals surface area contributed by atoms with Crippen LogP contribution in [0.2, 0.25) is 0 Å². The first kappa shape index (κ1) is 11.5. The standard InChI is InChI=1S/C11H7BrN2O3/c12-8-4-3-5-9(14(15)16)11(8)17-10-6-1-2-7-13-10/h1-7H. The molecule has 0 saturated heterocycles. The number of benzene rings is 1. The third-order valence-corrected chi connectivity index (χ3v) is 2.61. The second-order valence-electron chi connectivity index (χ2n) is 3.12. The highest BCUT2D eigenvalue weighted by Crippen LogP contribution is 2.37. The van der Waals surface area contributed by atoms with Crippen molar-refractivity contribution in [2.24, 2.45) is 0 Å². The molecule has 5 nitrogen and oxygen atoms in total. The van der Waals surface area contributed by atoms with Crippen molar-refractivity contribution in [3.63, 3.8) is 0 Å². The lowest BCUT2D eigenvalue weighted by Gasteiger charge is -2.06. The highest BCUT2D eigenvalue weighted by molar-refractivity contribution is 9.10. The van der Waals surface area contributed by atoms with Crippen LogP contribution in [0.4, 0.5) is 5.69 Å². The second kappa shape index (κ2) is 4.92. The van der Waals surface area contributed by atoms with Crippen LogP contribution in [-0.2, 0) is 0 Å². The van der Waals surface area contributed by atoms with Crippen LogP contribution in [0.25, 0.3) is 0 Å². The number of ether oxygens (including phenoxy) is 1. The molecule has 1 heterocycles. The van der Waals surface area contributed by atoms with Crippen molar-refractivity contribution >= 4 is 21.6 Å². The van der Waals surface area contributed by atoms with Crippen molar-refractivity contribution < 1.29 is 9.66 Å². The summed E-state index contributed by atoms with van der Waals surface area (Å²) in [6.07, 6.45) is 1.55. The van der Waals surface area contributed by atoms with Gasteiger partial charge in [0.25, 0.3) is 0 Å². The van der Waals surface area contributed by atoms with Gasteiger partial charge in [-0.3, -0.25) is 10.1 Å². The fourth-order valence-electron chi connectivity index (χ4n) is 1.25. The maximum Gasteiger partial charge on any atom is 0.312 e. The number of rotatable bonds is 3. The van der Waals surface area contributed by atoms with Crippen LogP contribution in [-0.4, -0.2) is 9.91 Å². The van der Waals surface area contributed by atoms with E-state index in [0.717, 1.165) is 0 Å². The summed E-state index contributed by atoms with van der Waals surface area (Å²) in [6, 6.07) is 9.73. The maximum absolute atomic E-state index is 10.8. The Labute approximate surface area is 105 Å². The first-order valence-electron chi connectivity index (χ1n) is 4.70. The van der Waals surface area contributed by atoms with Crippen LogP contribution in [0.3, 0.4) is 0 Å². The van der Waals surface area contributed by atoms with Gasteiger partial charge in [0.2, 0.25) is 11.6 Å². The Morgan fingerprint density at radius 2 is 2.06 bits per heavy atom. The van der Waals surface area contributed by atoms with Crippen molar-refractivity contribution in [3.8, 4) is 11.6 Å². The first-order chi connectivity index (χ1) is 8.18. The first-order valence-corrected chi connectivity index (χ1v) is 5.49. The summed E-state index contributed by atoms with van der Waals surface area (Å²) in [4.78, 5) is 14.3. The van der Waals surface area contributed by atoms with Crippen molar-refractivity contribution in [1.82, 2.24) is 4.98 Å². The van der Waals surface area contributed by atoms with Crippen molar-refractivity contribution in [1.29, 1.82) is 0 Å². The summed E-state index contributed by atoms with van der Waals surface area (Å²) >= 11 is 3.22. The van der Waals surface area contributed by atoms with E-state index in [0.29, 0.717) is 10.4 Å². The quantitative estimate of drug-likeness (QED) is 0.641. The number of nitro benzene ring substituents is 1. The van der Waals surface area contributed by atoms with E-state index in [1.807, 2.05) is 0 Å². The van der Waals surface area contributed by atoms with Gasteiger partial charge in [0.1, 0.15) is 0 Å². The average Bonchev–Trinajstić information content (AvgIpc) is 2.33. The zero-order chi connectivity index (χ0) is 12.3. The minimum Gasteiger partial charge on any atom is -0.431 e. The molecule has 0 N–H and O–H groups in total. The molecule has 2 rings (SSSR count). The minimum absolute atomic E-state index is 0.106. The summed E-state index contributed by atoms with van der Waals surface area (Å²) < 4.78 is 5.91. The van der Waals surface area contributed by atoms with Gasteiger partial charge in [-0.1, -0.05) is 12.1 Å². The molecule has 0 atom stereocenters. The molecule has 0 fully saturated rings. The molecule has 2 aromatic rings. The maximum atomic E-state index is 10.8. The minimum atomic E-state index is -0.497. The predicted octanol–water partition coefficient (Wildman–Crippen LogP) is 3.54. The lowest BCUT2D eigenvalue weighted by molar-refractivity contribution is -0.385. The molecule has 0 radical (unpaired) electrons. The van der Waals surface area contributed by atoms with E-state index in [1.54, 1.807) is 36.5 Å². The van der Waals surface area contributed by atoms with E-state index in [1.165, 1.54) is 6.07 Å². The molecule has 0 saturated carbocycles. The number of nitro groups is 1. The molecule has 0 aliphatic carbocycles. The molecule has 0 amide bonds. The molecular weight excluding hydrogens is 288 g/mol. The number of nitrogens with zero attached hydrogens (tertiary/aromatic N) is 2. The highest BCUT2D eigenvalue weighted by atomic mass is 79.9. The van der Waals surface area contributed by atoms with Gasteiger partial charge < -0.3 is 4.74 Å². The van der Waals surface area contributed by atoms with Crippen molar-refractivity contribution in [3.05, 3.63) is 57.2 Å². The Balaban J connectivity index is 2.41. The summed E-state index contributed by atoms with van der Waals surface area (Å²) in [5.74, 6) is 0.457. The van der Waals surface area contributed by atoms with E-state index < -0.39 is 4.92 Å². The summed E-state index contributed by atoms with van der Waals surface area (Å²) in [7, 11) is 0. The van der Waals surface area contributed by atoms with Crippen LogP contribution in [0.15, 0.2) is 47.1 Å². The second-order valence-corrected chi connectivity index (χ2v) is 3.97. The number of pyridine rings is 1. The van der Waals surface area contributed by atoms with Crippen LogP contribution in [0.1, 0.15) is 0 Å². The fraction of sp³-hybridized carbons (Fsp3) is 0. The Morgan fingerprint density at radius 1 is 1.24 bits per heavy atom. The zero-order valence-corrected chi connectivity index (χ0v) is 10.1. The summed E-state index contributed by atoms with van der Waals surface area (Å²) in [5.41, 5.74) is -0.106. The number of hydrogen-bond donors (Lipinski definition) is 0. The molecule has 6 heteroatoms.